The molecule has 1 aliphatic heterocycles. The van der Waals surface area contributed by atoms with Crippen molar-refractivity contribution in [3.63, 3.8) is 0 Å². The van der Waals surface area contributed by atoms with Crippen LogP contribution in [0, 0.1) is 35.5 Å². The fourth-order valence-electron chi connectivity index (χ4n) is 5.41. The quantitative estimate of drug-likeness (QED) is 0.671. The van der Waals surface area contributed by atoms with Gasteiger partial charge in [-0.15, -0.1) is 0 Å². The third-order valence-electron chi connectivity index (χ3n) is 6.57. The van der Waals surface area contributed by atoms with Gasteiger partial charge in [0.15, 0.2) is 0 Å². The van der Waals surface area contributed by atoms with Crippen molar-refractivity contribution in [3.8, 4) is 0 Å². The summed E-state index contributed by atoms with van der Waals surface area (Å²) in [5.41, 5.74) is 0.814. The highest BCUT2D eigenvalue weighted by Gasteiger charge is 2.67. The SMILES string of the molecule is O=C(O)[C@H](Cc1ccccc1)N1C(=O)[C@@H]2[C@@H]3C=C[C@H]([C@@H]4C[C@@H]34)[C@@H]2C1=O. The minimum Gasteiger partial charge on any atom is -0.480 e. The maximum Gasteiger partial charge on any atom is 0.327 e. The number of carbonyl (C=O) groups is 3. The normalized spacial score (nSPS) is 38.5. The van der Waals surface area contributed by atoms with Crippen LogP contribution in [0.25, 0.3) is 0 Å². The van der Waals surface area contributed by atoms with E-state index < -0.39 is 12.0 Å². The molecule has 0 aromatic heterocycles. The lowest BCUT2D eigenvalue weighted by atomic mass is 9.63. The zero-order valence-corrected chi connectivity index (χ0v) is 13.6. The van der Waals surface area contributed by atoms with Crippen LogP contribution in [0.3, 0.4) is 0 Å². The molecule has 1 N–H and O–H groups in total. The van der Waals surface area contributed by atoms with Crippen molar-refractivity contribution in [1.29, 1.82) is 0 Å². The molecule has 1 saturated heterocycles. The second-order valence-electron chi connectivity index (χ2n) is 7.74. The molecule has 3 fully saturated rings. The van der Waals surface area contributed by atoms with Crippen LogP contribution < -0.4 is 0 Å². The highest BCUT2D eigenvalue weighted by Crippen LogP contribution is 2.65. The summed E-state index contributed by atoms with van der Waals surface area (Å²) in [7, 11) is 0. The van der Waals surface area contributed by atoms with E-state index in [1.54, 1.807) is 0 Å². The molecule has 2 bridgehead atoms. The Kier molecular flexibility index (Phi) is 3.00. The van der Waals surface area contributed by atoms with E-state index in [9.17, 15) is 19.5 Å². The summed E-state index contributed by atoms with van der Waals surface area (Å²) in [6, 6.07) is 8.06. The van der Waals surface area contributed by atoms with Gasteiger partial charge in [0.05, 0.1) is 11.8 Å². The summed E-state index contributed by atoms with van der Waals surface area (Å²) in [4.78, 5) is 39.0. The molecule has 0 spiro atoms. The van der Waals surface area contributed by atoms with Crippen LogP contribution in [0.15, 0.2) is 42.5 Å². The molecule has 1 aromatic carbocycles. The van der Waals surface area contributed by atoms with E-state index >= 15 is 0 Å². The van der Waals surface area contributed by atoms with Crippen molar-refractivity contribution < 1.29 is 19.5 Å². The molecule has 5 aliphatic rings. The fourth-order valence-corrected chi connectivity index (χ4v) is 5.41. The molecule has 0 radical (unpaired) electrons. The van der Waals surface area contributed by atoms with Gasteiger partial charge < -0.3 is 5.11 Å². The molecule has 4 aliphatic carbocycles. The number of amides is 2. The first-order valence-electron chi connectivity index (χ1n) is 8.90. The molecule has 1 heterocycles. The minimum absolute atomic E-state index is 0.118. The molecule has 6 rings (SSSR count). The minimum atomic E-state index is -1.12. The van der Waals surface area contributed by atoms with E-state index in [0.717, 1.165) is 16.9 Å². The number of likely N-dealkylation sites (tertiary alicyclic amines) is 1. The molecule has 128 valence electrons. The van der Waals surface area contributed by atoms with Gasteiger partial charge in [-0.05, 0) is 35.7 Å². The molecule has 25 heavy (non-hydrogen) atoms. The number of carbonyl (C=O) groups excluding carboxylic acids is 2. The van der Waals surface area contributed by atoms with E-state index in [0.29, 0.717) is 11.8 Å². The first kappa shape index (κ1) is 14.9. The van der Waals surface area contributed by atoms with Gasteiger partial charge in [-0.2, -0.15) is 0 Å². The van der Waals surface area contributed by atoms with Crippen LogP contribution in [0.1, 0.15) is 12.0 Å². The maximum absolute atomic E-state index is 13.0. The largest absolute Gasteiger partial charge is 0.480 e. The Labute approximate surface area is 145 Å². The summed E-state index contributed by atoms with van der Waals surface area (Å²) in [5, 5.41) is 9.71. The molecule has 0 unspecified atom stereocenters. The molecule has 2 amide bonds. The summed E-state index contributed by atoms with van der Waals surface area (Å²) in [6.07, 6.45) is 5.45. The summed E-state index contributed by atoms with van der Waals surface area (Å²) in [6.45, 7) is 0. The van der Waals surface area contributed by atoms with Gasteiger partial charge in [-0.1, -0.05) is 42.5 Å². The van der Waals surface area contributed by atoms with Crippen LogP contribution in [0.5, 0.6) is 0 Å². The average molecular weight is 337 g/mol. The number of carboxylic acids is 1. The van der Waals surface area contributed by atoms with Crippen LogP contribution in [-0.2, 0) is 20.8 Å². The van der Waals surface area contributed by atoms with E-state index in [4.69, 9.17) is 0 Å². The van der Waals surface area contributed by atoms with Crippen LogP contribution in [0.4, 0.5) is 0 Å². The highest BCUT2D eigenvalue weighted by atomic mass is 16.4. The Balaban J connectivity index is 1.48. The van der Waals surface area contributed by atoms with Gasteiger partial charge >= 0.3 is 5.97 Å². The monoisotopic (exact) mass is 337 g/mol. The Morgan fingerprint density at radius 2 is 1.60 bits per heavy atom. The number of nitrogens with zero attached hydrogens (tertiary/aromatic N) is 1. The zero-order chi connectivity index (χ0) is 17.3. The number of carboxylic acid groups (broad SMARTS) is 1. The lowest BCUT2D eigenvalue weighted by Crippen LogP contribution is -2.47. The van der Waals surface area contributed by atoms with E-state index in [1.165, 1.54) is 0 Å². The maximum atomic E-state index is 13.0. The number of rotatable bonds is 4. The van der Waals surface area contributed by atoms with E-state index in [-0.39, 0.29) is 41.9 Å². The Morgan fingerprint density at radius 1 is 1.04 bits per heavy atom. The van der Waals surface area contributed by atoms with Gasteiger partial charge in [-0.3, -0.25) is 14.5 Å². The molecule has 5 nitrogen and oxygen atoms in total. The second-order valence-corrected chi connectivity index (χ2v) is 7.74. The number of hydrogen-bond donors (Lipinski definition) is 1. The molecule has 5 heteroatoms. The standard InChI is InChI=1S/C20H19NO4/c22-18-16-11-6-7-12(14-9-13(11)14)17(16)19(23)21(18)15(20(24)25)8-10-4-2-1-3-5-10/h1-7,11-17H,8-9H2,(H,24,25)/t11-,12-,13+,14+,15+,16-,17+/m1/s1. The van der Waals surface area contributed by atoms with E-state index in [1.807, 2.05) is 30.3 Å². The zero-order valence-electron chi connectivity index (χ0n) is 13.6. The van der Waals surface area contributed by atoms with Crippen molar-refractivity contribution in [2.75, 3.05) is 0 Å². The topological polar surface area (TPSA) is 74.7 Å². The second kappa shape index (κ2) is 5.04. The smallest absolute Gasteiger partial charge is 0.327 e. The van der Waals surface area contributed by atoms with Crippen LogP contribution in [-0.4, -0.2) is 33.8 Å². The molecule has 1 aromatic rings. The summed E-state index contributed by atoms with van der Waals surface area (Å²) < 4.78 is 0. The molecular weight excluding hydrogens is 318 g/mol. The predicted octanol–water partition coefficient (Wildman–Crippen LogP) is 1.74. The van der Waals surface area contributed by atoms with Gasteiger partial charge in [0.25, 0.3) is 0 Å². The number of benzene rings is 1. The third kappa shape index (κ3) is 1.98. The van der Waals surface area contributed by atoms with Crippen molar-refractivity contribution in [2.45, 2.75) is 18.9 Å². The van der Waals surface area contributed by atoms with Crippen molar-refractivity contribution in [1.82, 2.24) is 4.90 Å². The Hall–Kier alpha value is -2.43. The number of hydrogen-bond acceptors (Lipinski definition) is 3. The van der Waals surface area contributed by atoms with Gasteiger partial charge in [0.1, 0.15) is 6.04 Å². The highest BCUT2D eigenvalue weighted by molar-refractivity contribution is 6.08. The Bertz CT molecular complexity index is 765. The van der Waals surface area contributed by atoms with Crippen LogP contribution in [0.2, 0.25) is 0 Å². The summed E-state index contributed by atoms with van der Waals surface area (Å²) in [5.74, 6) is -1.08. The fraction of sp³-hybridized carbons (Fsp3) is 0.450. The molecule has 7 atom stereocenters. The summed E-state index contributed by atoms with van der Waals surface area (Å²) >= 11 is 0. The van der Waals surface area contributed by atoms with E-state index in [2.05, 4.69) is 12.2 Å². The van der Waals surface area contributed by atoms with Crippen LogP contribution >= 0.6 is 0 Å². The van der Waals surface area contributed by atoms with Gasteiger partial charge in [0.2, 0.25) is 11.8 Å². The molecule has 2 saturated carbocycles. The average Bonchev–Trinajstić information content (AvgIpc) is 3.39. The number of imide groups is 1. The van der Waals surface area contributed by atoms with Gasteiger partial charge in [-0.25, -0.2) is 4.79 Å². The van der Waals surface area contributed by atoms with Crippen molar-refractivity contribution in [3.05, 3.63) is 48.0 Å². The number of aliphatic carboxylic acids is 1. The third-order valence-corrected chi connectivity index (χ3v) is 6.57. The molecular formula is C20H19NO4. The Morgan fingerprint density at radius 3 is 2.12 bits per heavy atom. The first-order valence-corrected chi connectivity index (χ1v) is 8.90. The predicted molar refractivity (Wildman–Crippen MR) is 88.1 cm³/mol. The first-order chi connectivity index (χ1) is 12.1. The number of allylic oxidation sites excluding steroid dienone is 2. The van der Waals surface area contributed by atoms with Crippen molar-refractivity contribution >= 4 is 17.8 Å². The lowest BCUT2D eigenvalue weighted by molar-refractivity contribution is -0.155. The lowest BCUT2D eigenvalue weighted by Gasteiger charge is -2.37. The van der Waals surface area contributed by atoms with Gasteiger partial charge in [0, 0.05) is 6.42 Å². The van der Waals surface area contributed by atoms with Crippen molar-refractivity contribution in [2.24, 2.45) is 35.5 Å².